The second kappa shape index (κ2) is 7.75. The molecule has 0 amide bonds. The number of hydrogen-bond donors (Lipinski definition) is 0. The molecule has 128 valence electrons. The molecule has 0 bridgehead atoms. The standard InChI is InChI=1S/C20H28N4/c1-4-19-13-20(22-17(3)21-19)24-12-8-11-23(14-16(24)2)15-18-9-6-5-7-10-18/h5-7,9-10,13,16H,4,8,11-12,14-15H2,1-3H3. The van der Waals surface area contributed by atoms with Gasteiger partial charge in [0.1, 0.15) is 11.6 Å². The van der Waals surface area contributed by atoms with Crippen LogP contribution in [-0.2, 0) is 13.0 Å². The molecule has 1 aliphatic heterocycles. The highest BCUT2D eigenvalue weighted by Crippen LogP contribution is 2.20. The maximum atomic E-state index is 4.70. The Bertz CT molecular complexity index is 656. The molecule has 4 heteroatoms. The van der Waals surface area contributed by atoms with Gasteiger partial charge in [-0.3, -0.25) is 4.90 Å². The minimum atomic E-state index is 0.454. The van der Waals surface area contributed by atoms with Gasteiger partial charge in [0.05, 0.1) is 0 Å². The molecule has 1 fully saturated rings. The van der Waals surface area contributed by atoms with Crippen LogP contribution in [-0.4, -0.2) is 40.5 Å². The highest BCUT2D eigenvalue weighted by atomic mass is 15.3. The zero-order valence-corrected chi connectivity index (χ0v) is 15.1. The summed E-state index contributed by atoms with van der Waals surface area (Å²) in [6.45, 7) is 10.8. The lowest BCUT2D eigenvalue weighted by atomic mass is 10.2. The molecule has 0 spiro atoms. The van der Waals surface area contributed by atoms with Gasteiger partial charge in [0, 0.05) is 44.0 Å². The number of rotatable bonds is 4. The molecule has 1 aromatic carbocycles. The van der Waals surface area contributed by atoms with Gasteiger partial charge in [-0.05, 0) is 32.3 Å². The van der Waals surface area contributed by atoms with Crippen molar-refractivity contribution in [3.63, 3.8) is 0 Å². The Kier molecular flexibility index (Phi) is 5.46. The Hall–Kier alpha value is -1.94. The van der Waals surface area contributed by atoms with Crippen LogP contribution in [0.5, 0.6) is 0 Å². The van der Waals surface area contributed by atoms with E-state index in [-0.39, 0.29) is 0 Å². The van der Waals surface area contributed by atoms with Crippen LogP contribution < -0.4 is 4.90 Å². The monoisotopic (exact) mass is 324 g/mol. The van der Waals surface area contributed by atoms with Crippen LogP contribution in [0.25, 0.3) is 0 Å². The molecular formula is C20H28N4. The van der Waals surface area contributed by atoms with Crippen LogP contribution in [0, 0.1) is 6.92 Å². The first kappa shape index (κ1) is 16.9. The van der Waals surface area contributed by atoms with Gasteiger partial charge in [-0.1, -0.05) is 37.3 Å². The highest BCUT2D eigenvalue weighted by molar-refractivity contribution is 5.41. The number of aromatic nitrogens is 2. The minimum Gasteiger partial charge on any atom is -0.352 e. The van der Waals surface area contributed by atoms with Crippen molar-refractivity contribution in [1.29, 1.82) is 0 Å². The van der Waals surface area contributed by atoms with Gasteiger partial charge in [0.2, 0.25) is 0 Å². The summed E-state index contributed by atoms with van der Waals surface area (Å²) >= 11 is 0. The lowest BCUT2D eigenvalue weighted by Gasteiger charge is -2.30. The van der Waals surface area contributed by atoms with E-state index in [4.69, 9.17) is 4.98 Å². The molecule has 0 radical (unpaired) electrons. The Balaban J connectivity index is 1.72. The predicted molar refractivity (Wildman–Crippen MR) is 99.3 cm³/mol. The van der Waals surface area contributed by atoms with E-state index >= 15 is 0 Å². The van der Waals surface area contributed by atoms with E-state index in [2.05, 4.69) is 65.0 Å². The Labute approximate surface area is 145 Å². The van der Waals surface area contributed by atoms with Gasteiger partial charge in [0.25, 0.3) is 0 Å². The van der Waals surface area contributed by atoms with Gasteiger partial charge >= 0.3 is 0 Å². The molecule has 2 aromatic rings. The third-order valence-corrected chi connectivity index (χ3v) is 4.71. The molecule has 0 saturated carbocycles. The van der Waals surface area contributed by atoms with Gasteiger partial charge in [0.15, 0.2) is 0 Å². The van der Waals surface area contributed by atoms with E-state index < -0.39 is 0 Å². The fourth-order valence-corrected chi connectivity index (χ4v) is 3.51. The first-order valence-electron chi connectivity index (χ1n) is 9.03. The zero-order valence-electron chi connectivity index (χ0n) is 15.1. The molecule has 0 aliphatic carbocycles. The first-order valence-corrected chi connectivity index (χ1v) is 9.03. The van der Waals surface area contributed by atoms with E-state index in [1.54, 1.807) is 0 Å². The first-order chi connectivity index (χ1) is 11.7. The summed E-state index contributed by atoms with van der Waals surface area (Å²) in [6.07, 6.45) is 2.13. The number of hydrogen-bond acceptors (Lipinski definition) is 4. The molecule has 1 aromatic heterocycles. The summed E-state index contributed by atoms with van der Waals surface area (Å²) in [5.41, 5.74) is 2.53. The lowest BCUT2D eigenvalue weighted by molar-refractivity contribution is 0.268. The van der Waals surface area contributed by atoms with Crippen molar-refractivity contribution in [3.8, 4) is 0 Å². The van der Waals surface area contributed by atoms with E-state index in [1.165, 1.54) is 12.0 Å². The second-order valence-electron chi connectivity index (χ2n) is 6.73. The van der Waals surface area contributed by atoms with Crippen molar-refractivity contribution < 1.29 is 0 Å². The molecule has 1 aliphatic rings. The minimum absolute atomic E-state index is 0.454. The van der Waals surface area contributed by atoms with E-state index in [0.29, 0.717) is 6.04 Å². The summed E-state index contributed by atoms with van der Waals surface area (Å²) in [6, 6.07) is 13.4. The summed E-state index contributed by atoms with van der Waals surface area (Å²) < 4.78 is 0. The summed E-state index contributed by atoms with van der Waals surface area (Å²) in [7, 11) is 0. The molecule has 2 heterocycles. The number of nitrogens with zero attached hydrogens (tertiary/aromatic N) is 4. The number of anilines is 1. The molecule has 0 N–H and O–H groups in total. The maximum absolute atomic E-state index is 4.70. The van der Waals surface area contributed by atoms with Gasteiger partial charge in [-0.15, -0.1) is 0 Å². The van der Waals surface area contributed by atoms with Crippen LogP contribution in [0.15, 0.2) is 36.4 Å². The number of benzene rings is 1. The van der Waals surface area contributed by atoms with Crippen molar-refractivity contribution in [1.82, 2.24) is 14.9 Å². The lowest BCUT2D eigenvalue weighted by Crippen LogP contribution is -2.39. The molecule has 3 rings (SSSR count). The van der Waals surface area contributed by atoms with E-state index in [0.717, 1.165) is 49.9 Å². The van der Waals surface area contributed by atoms with Crippen molar-refractivity contribution in [2.75, 3.05) is 24.5 Å². The normalized spacial score (nSPS) is 19.3. The summed E-state index contributed by atoms with van der Waals surface area (Å²) in [5.74, 6) is 1.97. The summed E-state index contributed by atoms with van der Waals surface area (Å²) in [4.78, 5) is 14.2. The van der Waals surface area contributed by atoms with E-state index in [1.807, 2.05) is 6.92 Å². The second-order valence-corrected chi connectivity index (χ2v) is 6.73. The third-order valence-electron chi connectivity index (χ3n) is 4.71. The number of aryl methyl sites for hydroxylation is 2. The van der Waals surface area contributed by atoms with Crippen LogP contribution in [0.2, 0.25) is 0 Å². The average molecular weight is 324 g/mol. The Morgan fingerprint density at radius 2 is 1.92 bits per heavy atom. The SMILES string of the molecule is CCc1cc(N2CCCN(Cc3ccccc3)CC2C)nc(C)n1. The molecule has 1 atom stereocenters. The Morgan fingerprint density at radius 1 is 1.12 bits per heavy atom. The molecule has 24 heavy (non-hydrogen) atoms. The smallest absolute Gasteiger partial charge is 0.132 e. The van der Waals surface area contributed by atoms with Crippen molar-refractivity contribution in [2.45, 2.75) is 46.2 Å². The van der Waals surface area contributed by atoms with E-state index in [9.17, 15) is 0 Å². The largest absolute Gasteiger partial charge is 0.352 e. The topological polar surface area (TPSA) is 32.3 Å². The van der Waals surface area contributed by atoms with Crippen LogP contribution in [0.1, 0.15) is 37.4 Å². The third kappa shape index (κ3) is 4.12. The van der Waals surface area contributed by atoms with Crippen LogP contribution in [0.3, 0.4) is 0 Å². The van der Waals surface area contributed by atoms with Crippen molar-refractivity contribution >= 4 is 5.82 Å². The Morgan fingerprint density at radius 3 is 2.67 bits per heavy atom. The summed E-state index contributed by atoms with van der Waals surface area (Å²) in [5, 5.41) is 0. The quantitative estimate of drug-likeness (QED) is 0.862. The van der Waals surface area contributed by atoms with Gasteiger partial charge in [-0.25, -0.2) is 9.97 Å². The average Bonchev–Trinajstić information content (AvgIpc) is 2.76. The maximum Gasteiger partial charge on any atom is 0.132 e. The van der Waals surface area contributed by atoms with Crippen LogP contribution >= 0.6 is 0 Å². The van der Waals surface area contributed by atoms with Crippen molar-refractivity contribution in [2.24, 2.45) is 0 Å². The molecule has 1 unspecified atom stereocenters. The molecule has 1 saturated heterocycles. The van der Waals surface area contributed by atoms with Crippen LogP contribution in [0.4, 0.5) is 5.82 Å². The zero-order chi connectivity index (χ0) is 16.9. The molecular weight excluding hydrogens is 296 g/mol. The fourth-order valence-electron chi connectivity index (χ4n) is 3.51. The fraction of sp³-hybridized carbons (Fsp3) is 0.500. The van der Waals surface area contributed by atoms with Crippen molar-refractivity contribution in [3.05, 3.63) is 53.5 Å². The van der Waals surface area contributed by atoms with Gasteiger partial charge in [-0.2, -0.15) is 0 Å². The molecule has 4 nitrogen and oxygen atoms in total. The highest BCUT2D eigenvalue weighted by Gasteiger charge is 2.23. The predicted octanol–water partition coefficient (Wildman–Crippen LogP) is 3.45. The van der Waals surface area contributed by atoms with Gasteiger partial charge < -0.3 is 4.90 Å².